The van der Waals surface area contributed by atoms with E-state index in [2.05, 4.69) is 106 Å². The number of rotatable bonds is 50. The van der Waals surface area contributed by atoms with Crippen molar-refractivity contribution in [3.05, 3.63) is 85.1 Å². The molecule has 0 aliphatic heterocycles. The highest BCUT2D eigenvalue weighted by Gasteiger charge is 2.19. The topological polar surface area (TPSA) is 78.9 Å². The number of allylic oxidation sites excluding steroid dienone is 14. The molecule has 0 radical (unpaired) electrons. The van der Waals surface area contributed by atoms with Gasteiger partial charge in [-0.05, 0) is 77.0 Å². The van der Waals surface area contributed by atoms with Gasteiger partial charge in [0.1, 0.15) is 13.2 Å². The molecule has 6 nitrogen and oxygen atoms in total. The molecule has 0 saturated carbocycles. The van der Waals surface area contributed by atoms with Gasteiger partial charge in [0.05, 0.1) is 0 Å². The molecule has 0 saturated heterocycles. The van der Waals surface area contributed by atoms with Gasteiger partial charge in [0.2, 0.25) is 0 Å². The summed E-state index contributed by atoms with van der Waals surface area (Å²) in [6.07, 6.45) is 71.9. The van der Waals surface area contributed by atoms with Gasteiger partial charge in [-0.3, -0.25) is 14.4 Å². The van der Waals surface area contributed by atoms with Gasteiger partial charge in [-0.25, -0.2) is 0 Å². The van der Waals surface area contributed by atoms with Crippen LogP contribution < -0.4 is 0 Å². The number of carbonyl (C=O) groups is 3. The van der Waals surface area contributed by atoms with E-state index in [1.807, 2.05) is 0 Å². The Labute approximate surface area is 414 Å². The van der Waals surface area contributed by atoms with Crippen molar-refractivity contribution in [1.29, 1.82) is 0 Å². The summed E-state index contributed by atoms with van der Waals surface area (Å²) in [4.78, 5) is 37.7. The van der Waals surface area contributed by atoms with E-state index >= 15 is 0 Å². The maximum absolute atomic E-state index is 12.7. The van der Waals surface area contributed by atoms with Crippen molar-refractivity contribution in [2.75, 3.05) is 13.2 Å². The predicted octanol–water partition coefficient (Wildman–Crippen LogP) is 18.8. The SMILES string of the molecule is CC/C=C\C/C=C\C/C=C\C/C=C\C/C=C\C/C=C\C/C=C\CCCCCCCCCCCCCC(=O)OCC(COC(=O)CCCCCCCCC)OC(=O)CCCCCCCCCCC. The number of carbonyl (C=O) groups excluding carboxylic acids is 3. The lowest BCUT2D eigenvalue weighted by molar-refractivity contribution is -0.167. The second-order valence-corrected chi connectivity index (χ2v) is 18.5. The van der Waals surface area contributed by atoms with Crippen LogP contribution in [0.3, 0.4) is 0 Å². The van der Waals surface area contributed by atoms with Gasteiger partial charge in [-0.1, -0.05) is 254 Å². The maximum atomic E-state index is 12.7. The van der Waals surface area contributed by atoms with Gasteiger partial charge in [0.15, 0.2) is 6.10 Å². The molecule has 0 aliphatic carbocycles. The molecular formula is C61H104O6. The lowest BCUT2D eigenvalue weighted by atomic mass is 10.0. The first-order valence-electron chi connectivity index (χ1n) is 28.1. The predicted molar refractivity (Wildman–Crippen MR) is 288 cm³/mol. The fourth-order valence-corrected chi connectivity index (χ4v) is 7.72. The molecule has 0 aromatic carbocycles. The van der Waals surface area contributed by atoms with Crippen LogP contribution >= 0.6 is 0 Å². The molecule has 0 aromatic heterocycles. The molecule has 1 atom stereocenters. The zero-order chi connectivity index (χ0) is 48.6. The van der Waals surface area contributed by atoms with Gasteiger partial charge < -0.3 is 14.2 Å². The van der Waals surface area contributed by atoms with Gasteiger partial charge in [-0.15, -0.1) is 0 Å². The molecule has 0 fully saturated rings. The molecule has 0 rings (SSSR count). The minimum absolute atomic E-state index is 0.0736. The highest BCUT2D eigenvalue weighted by molar-refractivity contribution is 5.71. The number of hydrogen-bond acceptors (Lipinski definition) is 6. The van der Waals surface area contributed by atoms with Crippen LogP contribution in [0.2, 0.25) is 0 Å². The van der Waals surface area contributed by atoms with Crippen molar-refractivity contribution < 1.29 is 28.6 Å². The number of ether oxygens (including phenoxy) is 3. The third kappa shape index (κ3) is 53.4. The average Bonchev–Trinajstić information content (AvgIpc) is 3.33. The molecule has 67 heavy (non-hydrogen) atoms. The van der Waals surface area contributed by atoms with E-state index in [9.17, 15) is 14.4 Å². The summed E-state index contributed by atoms with van der Waals surface area (Å²) in [6.45, 7) is 6.46. The summed E-state index contributed by atoms with van der Waals surface area (Å²) in [5.74, 6) is -0.884. The molecule has 0 bridgehead atoms. The maximum Gasteiger partial charge on any atom is 0.306 e. The average molecular weight is 933 g/mol. The van der Waals surface area contributed by atoms with Crippen LogP contribution in [-0.4, -0.2) is 37.2 Å². The minimum Gasteiger partial charge on any atom is -0.462 e. The number of unbranched alkanes of at least 4 members (excludes halogenated alkanes) is 25. The molecule has 6 heteroatoms. The van der Waals surface area contributed by atoms with E-state index in [0.29, 0.717) is 19.3 Å². The fraction of sp³-hybridized carbons (Fsp3) is 0.721. The molecule has 1 unspecified atom stereocenters. The van der Waals surface area contributed by atoms with Crippen molar-refractivity contribution >= 4 is 17.9 Å². The van der Waals surface area contributed by atoms with Crippen molar-refractivity contribution in [2.45, 2.75) is 271 Å². The zero-order valence-corrected chi connectivity index (χ0v) is 43.9. The Kier molecular flexibility index (Phi) is 52.4. The standard InChI is InChI=1S/C61H104O6/c1-4-7-10-13-16-18-19-20-21-22-23-24-25-26-27-28-29-30-31-32-33-34-35-36-37-38-39-40-41-43-45-48-51-54-60(63)66-57-58(56-65-59(62)53-50-47-44-15-12-9-6-3)67-61(64)55-52-49-46-42-17-14-11-8-5-2/h7,10,16,18,20-21,23-24,26-27,29-30,32-33,58H,4-6,8-9,11-15,17,19,22,25,28,31,34-57H2,1-3H3/b10-7-,18-16-,21-20-,24-23-,27-26-,30-29-,33-32-. The van der Waals surface area contributed by atoms with Crippen LogP contribution in [0.4, 0.5) is 0 Å². The summed E-state index contributed by atoms with van der Waals surface area (Å²) >= 11 is 0. The van der Waals surface area contributed by atoms with E-state index in [-0.39, 0.29) is 31.1 Å². The van der Waals surface area contributed by atoms with Crippen LogP contribution in [0.1, 0.15) is 265 Å². The first-order valence-corrected chi connectivity index (χ1v) is 28.1. The van der Waals surface area contributed by atoms with Gasteiger partial charge >= 0.3 is 17.9 Å². The second kappa shape index (κ2) is 55.2. The number of hydrogen-bond donors (Lipinski definition) is 0. The van der Waals surface area contributed by atoms with Crippen LogP contribution in [0, 0.1) is 0 Å². The molecule has 0 N–H and O–H groups in total. The third-order valence-corrected chi connectivity index (χ3v) is 11.9. The zero-order valence-electron chi connectivity index (χ0n) is 43.9. The molecule has 0 aromatic rings. The van der Waals surface area contributed by atoms with Crippen molar-refractivity contribution in [2.24, 2.45) is 0 Å². The highest BCUT2D eigenvalue weighted by Crippen LogP contribution is 2.15. The summed E-state index contributed by atoms with van der Waals surface area (Å²) in [7, 11) is 0. The summed E-state index contributed by atoms with van der Waals surface area (Å²) < 4.78 is 16.7. The first-order chi connectivity index (χ1) is 33.0. The van der Waals surface area contributed by atoms with Crippen LogP contribution in [-0.2, 0) is 28.6 Å². The molecular weight excluding hydrogens is 829 g/mol. The molecule has 0 aliphatic rings. The summed E-state index contributed by atoms with van der Waals surface area (Å²) in [5.41, 5.74) is 0. The Bertz CT molecular complexity index is 1300. The Morgan fingerprint density at radius 2 is 0.582 bits per heavy atom. The molecule has 0 heterocycles. The van der Waals surface area contributed by atoms with Crippen LogP contribution in [0.15, 0.2) is 85.1 Å². The van der Waals surface area contributed by atoms with Crippen LogP contribution in [0.25, 0.3) is 0 Å². The van der Waals surface area contributed by atoms with Crippen molar-refractivity contribution in [1.82, 2.24) is 0 Å². The molecule has 384 valence electrons. The summed E-state index contributed by atoms with van der Waals surface area (Å²) in [5, 5.41) is 0. The largest absolute Gasteiger partial charge is 0.462 e. The molecule has 0 amide bonds. The Hall–Kier alpha value is -3.41. The van der Waals surface area contributed by atoms with E-state index in [1.165, 1.54) is 122 Å². The van der Waals surface area contributed by atoms with E-state index in [4.69, 9.17) is 14.2 Å². The van der Waals surface area contributed by atoms with Gasteiger partial charge in [-0.2, -0.15) is 0 Å². The van der Waals surface area contributed by atoms with Crippen molar-refractivity contribution in [3.8, 4) is 0 Å². The lowest BCUT2D eigenvalue weighted by Crippen LogP contribution is -2.30. The summed E-state index contributed by atoms with van der Waals surface area (Å²) in [6, 6.07) is 0. The quantitative estimate of drug-likeness (QED) is 0.0262. The van der Waals surface area contributed by atoms with Crippen LogP contribution in [0.5, 0.6) is 0 Å². The van der Waals surface area contributed by atoms with Gasteiger partial charge in [0, 0.05) is 19.3 Å². The minimum atomic E-state index is -0.769. The van der Waals surface area contributed by atoms with Gasteiger partial charge in [0.25, 0.3) is 0 Å². The van der Waals surface area contributed by atoms with E-state index < -0.39 is 6.10 Å². The fourth-order valence-electron chi connectivity index (χ4n) is 7.72. The number of esters is 3. The second-order valence-electron chi connectivity index (χ2n) is 18.5. The smallest absolute Gasteiger partial charge is 0.306 e. The van der Waals surface area contributed by atoms with E-state index in [0.717, 1.165) is 103 Å². The molecule has 0 spiro atoms. The Morgan fingerprint density at radius 1 is 0.313 bits per heavy atom. The monoisotopic (exact) mass is 933 g/mol. The highest BCUT2D eigenvalue weighted by atomic mass is 16.6. The van der Waals surface area contributed by atoms with Crippen molar-refractivity contribution in [3.63, 3.8) is 0 Å². The normalized spacial score (nSPS) is 12.7. The van der Waals surface area contributed by atoms with E-state index in [1.54, 1.807) is 0 Å². The Morgan fingerprint density at radius 3 is 0.910 bits per heavy atom. The Balaban J connectivity index is 4.00. The third-order valence-electron chi connectivity index (χ3n) is 11.9. The lowest BCUT2D eigenvalue weighted by Gasteiger charge is -2.18. The first kappa shape index (κ1) is 63.6.